The molecule has 0 bridgehead atoms. The normalized spacial score (nSPS) is 13.5. The molecule has 0 aliphatic heterocycles. The zero-order chi connectivity index (χ0) is 24.5. The third-order valence-corrected chi connectivity index (χ3v) is 5.16. The van der Waals surface area contributed by atoms with Crippen LogP contribution in [0.3, 0.4) is 0 Å². The fourth-order valence-electron chi connectivity index (χ4n) is 3.66. The van der Waals surface area contributed by atoms with Gasteiger partial charge in [0.15, 0.2) is 5.69 Å². The lowest BCUT2D eigenvalue weighted by atomic mass is 9.98. The summed E-state index contributed by atoms with van der Waals surface area (Å²) in [6, 6.07) is 13.1. The molecule has 1 heterocycles. The molecule has 1 atom stereocenters. The van der Waals surface area contributed by atoms with Gasteiger partial charge in [0.25, 0.3) is 5.91 Å². The predicted molar refractivity (Wildman–Crippen MR) is 110 cm³/mol. The van der Waals surface area contributed by atoms with E-state index in [1.165, 1.54) is 5.32 Å². The minimum absolute atomic E-state index is 0.00673. The summed E-state index contributed by atoms with van der Waals surface area (Å²) in [4.78, 5) is 34.9. The highest BCUT2D eigenvalue weighted by atomic mass is 19.4. The first-order valence-electron chi connectivity index (χ1n) is 9.84. The maximum absolute atomic E-state index is 12.7. The van der Waals surface area contributed by atoms with Crippen molar-refractivity contribution in [3.63, 3.8) is 0 Å². The summed E-state index contributed by atoms with van der Waals surface area (Å²) >= 11 is 0. The van der Waals surface area contributed by atoms with Crippen molar-refractivity contribution in [1.29, 1.82) is 0 Å². The van der Waals surface area contributed by atoms with Crippen molar-refractivity contribution < 1.29 is 41.9 Å². The molecule has 9 nitrogen and oxygen atoms in total. The number of aliphatic carboxylic acids is 1. The SMILES string of the molecule is O=C(Nc1cc(C(=O)NC(C(=O)O)C(F)(F)F)no1)OCC1c2ccccc2-c2ccccc21. The van der Waals surface area contributed by atoms with E-state index in [4.69, 9.17) is 14.4 Å². The lowest BCUT2D eigenvalue weighted by molar-refractivity contribution is -0.178. The van der Waals surface area contributed by atoms with E-state index >= 15 is 0 Å². The van der Waals surface area contributed by atoms with Gasteiger partial charge in [-0.25, -0.2) is 9.59 Å². The van der Waals surface area contributed by atoms with Crippen LogP contribution in [-0.2, 0) is 9.53 Å². The third-order valence-electron chi connectivity index (χ3n) is 5.16. The topological polar surface area (TPSA) is 131 Å². The van der Waals surface area contributed by atoms with Crippen LogP contribution in [0.2, 0.25) is 0 Å². The Bertz CT molecular complexity index is 1210. The number of nitrogens with zero attached hydrogens (tertiary/aromatic N) is 1. The second-order valence-electron chi connectivity index (χ2n) is 7.31. The van der Waals surface area contributed by atoms with E-state index in [0.717, 1.165) is 28.3 Å². The first kappa shape index (κ1) is 22.8. The Balaban J connectivity index is 1.38. The zero-order valence-electron chi connectivity index (χ0n) is 17.1. The van der Waals surface area contributed by atoms with Gasteiger partial charge in [-0.3, -0.25) is 10.1 Å². The van der Waals surface area contributed by atoms with Crippen LogP contribution < -0.4 is 10.6 Å². The van der Waals surface area contributed by atoms with Gasteiger partial charge in [0.1, 0.15) is 6.61 Å². The van der Waals surface area contributed by atoms with E-state index in [2.05, 4.69) is 10.5 Å². The molecule has 4 rings (SSSR count). The van der Waals surface area contributed by atoms with Gasteiger partial charge in [-0.2, -0.15) is 13.2 Å². The average molecular weight is 475 g/mol. The molecule has 1 unspecified atom stereocenters. The number of ether oxygens (including phenoxy) is 1. The third kappa shape index (κ3) is 4.56. The standard InChI is InChI=1S/C22H16F3N3O6/c23-22(24,25)18(20(30)31)27-19(29)16-9-17(34-28-16)26-21(32)33-10-15-13-7-3-1-5-11(13)12-6-2-4-8-14(12)15/h1-9,15,18H,10H2,(H,26,32)(H,27,29)(H,30,31). The van der Waals surface area contributed by atoms with Crippen LogP contribution >= 0.6 is 0 Å². The molecular weight excluding hydrogens is 459 g/mol. The van der Waals surface area contributed by atoms with Crippen LogP contribution in [0.15, 0.2) is 59.1 Å². The number of hydrogen-bond donors (Lipinski definition) is 3. The number of hydrogen-bond acceptors (Lipinski definition) is 6. The Labute approximate surface area is 189 Å². The van der Waals surface area contributed by atoms with E-state index in [-0.39, 0.29) is 18.4 Å². The van der Waals surface area contributed by atoms with Crippen molar-refractivity contribution in [3.8, 4) is 11.1 Å². The highest BCUT2D eigenvalue weighted by Gasteiger charge is 2.46. The summed E-state index contributed by atoms with van der Waals surface area (Å²) in [7, 11) is 0. The molecule has 0 radical (unpaired) electrons. The molecule has 2 aromatic carbocycles. The van der Waals surface area contributed by atoms with E-state index in [1.54, 1.807) is 0 Å². The van der Waals surface area contributed by atoms with Crippen LogP contribution in [0.25, 0.3) is 11.1 Å². The minimum Gasteiger partial charge on any atom is -0.479 e. The van der Waals surface area contributed by atoms with Crippen molar-refractivity contribution in [3.05, 3.63) is 71.4 Å². The van der Waals surface area contributed by atoms with Crippen molar-refractivity contribution in [2.45, 2.75) is 18.1 Å². The lowest BCUT2D eigenvalue weighted by Crippen LogP contribution is -2.50. The molecule has 0 saturated heterocycles. The number of benzene rings is 2. The van der Waals surface area contributed by atoms with Gasteiger partial charge in [-0.05, 0) is 22.3 Å². The lowest BCUT2D eigenvalue weighted by Gasteiger charge is -2.16. The van der Waals surface area contributed by atoms with Crippen molar-refractivity contribution >= 4 is 23.9 Å². The van der Waals surface area contributed by atoms with Gasteiger partial charge in [-0.1, -0.05) is 53.7 Å². The summed E-state index contributed by atoms with van der Waals surface area (Å²) in [5.41, 5.74) is 3.40. The molecule has 3 aromatic rings. The maximum atomic E-state index is 12.7. The number of halogens is 3. The number of carbonyl (C=O) groups is 3. The van der Waals surface area contributed by atoms with Crippen LogP contribution in [0.5, 0.6) is 0 Å². The first-order valence-corrected chi connectivity index (χ1v) is 9.84. The number of carboxylic acid groups (broad SMARTS) is 1. The predicted octanol–water partition coefficient (Wildman–Crippen LogP) is 3.78. The smallest absolute Gasteiger partial charge is 0.419 e. The number of anilines is 1. The summed E-state index contributed by atoms with van der Waals surface area (Å²) in [6.07, 6.45) is -6.16. The highest BCUT2D eigenvalue weighted by molar-refractivity contribution is 5.96. The number of amides is 2. The quantitative estimate of drug-likeness (QED) is 0.495. The van der Waals surface area contributed by atoms with E-state index in [9.17, 15) is 27.6 Å². The molecule has 176 valence electrons. The molecule has 34 heavy (non-hydrogen) atoms. The van der Waals surface area contributed by atoms with Gasteiger partial charge in [0.05, 0.1) is 0 Å². The molecule has 1 aliphatic rings. The van der Waals surface area contributed by atoms with Crippen LogP contribution in [0, 0.1) is 0 Å². The largest absolute Gasteiger partial charge is 0.479 e. The van der Waals surface area contributed by atoms with Gasteiger partial charge >= 0.3 is 18.2 Å². The minimum atomic E-state index is -5.21. The Morgan fingerprint density at radius 3 is 2.21 bits per heavy atom. The molecule has 0 fully saturated rings. The number of alkyl halides is 3. The van der Waals surface area contributed by atoms with Gasteiger partial charge in [0.2, 0.25) is 11.9 Å². The monoisotopic (exact) mass is 475 g/mol. The summed E-state index contributed by atoms with van der Waals surface area (Å²) in [5, 5.41) is 15.4. The van der Waals surface area contributed by atoms with E-state index in [1.807, 2.05) is 48.5 Å². The fraction of sp³-hybridized carbons (Fsp3) is 0.182. The number of rotatable bonds is 6. The van der Waals surface area contributed by atoms with E-state index < -0.39 is 35.9 Å². The van der Waals surface area contributed by atoms with Gasteiger partial charge in [0, 0.05) is 12.0 Å². The summed E-state index contributed by atoms with van der Waals surface area (Å²) < 4.78 is 48.1. The number of carboxylic acids is 1. The second kappa shape index (κ2) is 8.89. The number of carbonyl (C=O) groups excluding carboxylic acids is 2. The van der Waals surface area contributed by atoms with Crippen LogP contribution in [-0.4, -0.2) is 47.1 Å². The fourth-order valence-corrected chi connectivity index (χ4v) is 3.66. The Hall–Kier alpha value is -4.35. The number of fused-ring (bicyclic) bond motifs is 3. The molecule has 0 spiro atoms. The van der Waals surface area contributed by atoms with Gasteiger partial charge < -0.3 is 19.7 Å². The number of aromatic nitrogens is 1. The van der Waals surface area contributed by atoms with Gasteiger partial charge in [-0.15, -0.1) is 0 Å². The average Bonchev–Trinajstić information content (AvgIpc) is 3.37. The first-order chi connectivity index (χ1) is 16.1. The highest BCUT2D eigenvalue weighted by Crippen LogP contribution is 2.44. The Morgan fingerprint density at radius 1 is 1.06 bits per heavy atom. The maximum Gasteiger partial charge on any atom is 0.419 e. The molecule has 1 aromatic heterocycles. The van der Waals surface area contributed by atoms with Crippen LogP contribution in [0.1, 0.15) is 27.5 Å². The van der Waals surface area contributed by atoms with Crippen molar-refractivity contribution in [2.75, 3.05) is 11.9 Å². The zero-order valence-corrected chi connectivity index (χ0v) is 17.1. The van der Waals surface area contributed by atoms with Crippen molar-refractivity contribution in [1.82, 2.24) is 10.5 Å². The van der Waals surface area contributed by atoms with E-state index in [0.29, 0.717) is 0 Å². The summed E-state index contributed by atoms with van der Waals surface area (Å²) in [5.74, 6) is -4.32. The van der Waals surface area contributed by atoms with Crippen LogP contribution in [0.4, 0.5) is 23.8 Å². The molecule has 12 heteroatoms. The second-order valence-corrected chi connectivity index (χ2v) is 7.31. The molecule has 0 saturated carbocycles. The Kier molecular flexibility index (Phi) is 5.97. The molecular formula is C22H16F3N3O6. The Morgan fingerprint density at radius 2 is 1.65 bits per heavy atom. The molecule has 2 amide bonds. The molecule has 1 aliphatic carbocycles. The number of nitrogens with one attached hydrogen (secondary N) is 2. The van der Waals surface area contributed by atoms with Crippen molar-refractivity contribution in [2.24, 2.45) is 0 Å². The molecule has 3 N–H and O–H groups in total. The summed E-state index contributed by atoms with van der Waals surface area (Å²) in [6.45, 7) is -0.00673.